The van der Waals surface area contributed by atoms with Crippen molar-refractivity contribution >= 4 is 23.5 Å². The van der Waals surface area contributed by atoms with E-state index in [2.05, 4.69) is 16.9 Å². The van der Waals surface area contributed by atoms with Gasteiger partial charge in [-0.15, -0.1) is 6.58 Å². The molecule has 0 saturated carbocycles. The highest BCUT2D eigenvalue weighted by atomic mass is 32.2. The number of nitrogens with zero attached hydrogens (tertiary/aromatic N) is 2. The number of hydrogen-bond acceptors (Lipinski definition) is 4. The Morgan fingerprint density at radius 3 is 2.83 bits per heavy atom. The maximum absolute atomic E-state index is 12.6. The SMILES string of the molecule is C=CCSc1nc(=O)c2c(n1C)NC(=O)CC2c1ccccc1. The second-order valence-electron chi connectivity index (χ2n) is 5.34. The standard InChI is InChI=1S/C17H17N3O2S/c1-3-9-23-17-19-16(22)14-12(11-7-5-4-6-8-11)10-13(21)18-15(14)20(17)2/h3-8,12H,1,9-10H2,2H3,(H,18,21). The first kappa shape index (κ1) is 15.6. The van der Waals surface area contributed by atoms with E-state index >= 15 is 0 Å². The summed E-state index contributed by atoms with van der Waals surface area (Å²) in [4.78, 5) is 28.9. The van der Waals surface area contributed by atoms with Crippen LogP contribution in [0.4, 0.5) is 5.82 Å². The van der Waals surface area contributed by atoms with Gasteiger partial charge in [-0.1, -0.05) is 48.2 Å². The van der Waals surface area contributed by atoms with E-state index < -0.39 is 0 Å². The number of amides is 1. The lowest BCUT2D eigenvalue weighted by Gasteiger charge is -2.27. The van der Waals surface area contributed by atoms with Gasteiger partial charge in [-0.2, -0.15) is 4.98 Å². The molecule has 23 heavy (non-hydrogen) atoms. The summed E-state index contributed by atoms with van der Waals surface area (Å²) in [6, 6.07) is 9.61. The Kier molecular flexibility index (Phi) is 4.34. The molecular weight excluding hydrogens is 310 g/mol. The van der Waals surface area contributed by atoms with Gasteiger partial charge in [0.15, 0.2) is 5.16 Å². The number of carbonyl (C=O) groups excluding carboxylic acids is 1. The van der Waals surface area contributed by atoms with Crippen LogP contribution in [0, 0.1) is 0 Å². The van der Waals surface area contributed by atoms with Crippen molar-refractivity contribution in [2.24, 2.45) is 7.05 Å². The summed E-state index contributed by atoms with van der Waals surface area (Å²) in [7, 11) is 1.81. The monoisotopic (exact) mass is 327 g/mol. The van der Waals surface area contributed by atoms with Crippen molar-refractivity contribution in [3.8, 4) is 0 Å². The normalized spacial score (nSPS) is 16.6. The van der Waals surface area contributed by atoms with Crippen LogP contribution < -0.4 is 10.9 Å². The van der Waals surface area contributed by atoms with Gasteiger partial charge >= 0.3 is 0 Å². The van der Waals surface area contributed by atoms with Gasteiger partial charge < -0.3 is 9.88 Å². The van der Waals surface area contributed by atoms with E-state index in [-0.39, 0.29) is 23.8 Å². The van der Waals surface area contributed by atoms with E-state index in [0.29, 0.717) is 22.3 Å². The molecule has 1 aliphatic rings. The van der Waals surface area contributed by atoms with E-state index in [1.807, 2.05) is 37.4 Å². The van der Waals surface area contributed by atoms with Gasteiger partial charge in [-0.3, -0.25) is 9.59 Å². The van der Waals surface area contributed by atoms with E-state index in [4.69, 9.17) is 0 Å². The summed E-state index contributed by atoms with van der Waals surface area (Å²) >= 11 is 1.41. The number of nitrogens with one attached hydrogen (secondary N) is 1. The zero-order valence-corrected chi connectivity index (χ0v) is 13.6. The molecule has 1 aromatic carbocycles. The predicted molar refractivity (Wildman–Crippen MR) is 91.9 cm³/mol. The van der Waals surface area contributed by atoms with Crippen LogP contribution in [-0.4, -0.2) is 21.2 Å². The lowest BCUT2D eigenvalue weighted by Crippen LogP contribution is -2.33. The molecule has 1 aromatic heterocycles. The minimum absolute atomic E-state index is 0.0905. The van der Waals surface area contributed by atoms with Crippen molar-refractivity contribution in [1.29, 1.82) is 0 Å². The number of hydrogen-bond donors (Lipinski definition) is 1. The highest BCUT2D eigenvalue weighted by molar-refractivity contribution is 7.99. The second kappa shape index (κ2) is 6.42. The smallest absolute Gasteiger partial charge is 0.279 e. The van der Waals surface area contributed by atoms with Gasteiger partial charge in [0.05, 0.1) is 5.56 Å². The first-order chi connectivity index (χ1) is 11.1. The van der Waals surface area contributed by atoms with Crippen LogP contribution in [0.3, 0.4) is 0 Å². The fourth-order valence-electron chi connectivity index (χ4n) is 2.77. The number of benzene rings is 1. The summed E-state index contributed by atoms with van der Waals surface area (Å²) < 4.78 is 1.78. The van der Waals surface area contributed by atoms with Gasteiger partial charge in [0.2, 0.25) is 5.91 Å². The van der Waals surface area contributed by atoms with Crippen molar-refractivity contribution in [1.82, 2.24) is 9.55 Å². The third-order valence-electron chi connectivity index (χ3n) is 3.83. The first-order valence-electron chi connectivity index (χ1n) is 7.31. The van der Waals surface area contributed by atoms with E-state index in [1.54, 1.807) is 10.6 Å². The molecule has 0 spiro atoms. The van der Waals surface area contributed by atoms with E-state index in [0.717, 1.165) is 5.56 Å². The molecule has 1 atom stereocenters. The quantitative estimate of drug-likeness (QED) is 0.532. The number of anilines is 1. The van der Waals surface area contributed by atoms with Crippen LogP contribution in [0.5, 0.6) is 0 Å². The van der Waals surface area contributed by atoms with Crippen molar-refractivity contribution in [2.45, 2.75) is 17.5 Å². The molecule has 0 aliphatic carbocycles. The maximum Gasteiger partial charge on any atom is 0.279 e. The van der Waals surface area contributed by atoms with Gasteiger partial charge in [0.25, 0.3) is 5.56 Å². The molecule has 6 heteroatoms. The average molecular weight is 327 g/mol. The van der Waals surface area contributed by atoms with Gasteiger partial charge in [-0.05, 0) is 5.56 Å². The van der Waals surface area contributed by atoms with Crippen LogP contribution in [-0.2, 0) is 11.8 Å². The van der Waals surface area contributed by atoms with Crippen LogP contribution >= 0.6 is 11.8 Å². The summed E-state index contributed by atoms with van der Waals surface area (Å²) in [5, 5.41) is 3.40. The minimum atomic E-state index is -0.279. The Bertz CT molecular complexity index is 815. The Morgan fingerprint density at radius 2 is 2.13 bits per heavy atom. The van der Waals surface area contributed by atoms with Crippen LogP contribution in [0.1, 0.15) is 23.5 Å². The summed E-state index contributed by atoms with van der Waals surface area (Å²) in [6.07, 6.45) is 2.01. The molecule has 3 rings (SSSR count). The number of rotatable bonds is 4. The molecule has 0 bridgehead atoms. The van der Waals surface area contributed by atoms with E-state index in [9.17, 15) is 9.59 Å². The molecule has 1 aliphatic heterocycles. The van der Waals surface area contributed by atoms with Crippen LogP contribution in [0.25, 0.3) is 0 Å². The fraction of sp³-hybridized carbons (Fsp3) is 0.235. The topological polar surface area (TPSA) is 64.0 Å². The summed E-state index contributed by atoms with van der Waals surface area (Å²) in [6.45, 7) is 3.67. The second-order valence-corrected chi connectivity index (χ2v) is 6.32. The largest absolute Gasteiger partial charge is 0.312 e. The van der Waals surface area contributed by atoms with Crippen molar-refractivity contribution in [2.75, 3.05) is 11.1 Å². The Balaban J connectivity index is 2.15. The molecule has 2 aromatic rings. The molecule has 1 amide bonds. The number of carbonyl (C=O) groups is 1. The number of fused-ring (bicyclic) bond motifs is 1. The molecule has 0 radical (unpaired) electrons. The Labute approximate surface area is 138 Å². The third-order valence-corrected chi connectivity index (χ3v) is 4.86. The predicted octanol–water partition coefficient (Wildman–Crippen LogP) is 2.53. The highest BCUT2D eigenvalue weighted by Gasteiger charge is 2.31. The number of thioether (sulfide) groups is 1. The minimum Gasteiger partial charge on any atom is -0.312 e. The molecular formula is C17H17N3O2S. The highest BCUT2D eigenvalue weighted by Crippen LogP contribution is 2.35. The Hall–Kier alpha value is -2.34. The van der Waals surface area contributed by atoms with E-state index in [1.165, 1.54) is 11.8 Å². The molecule has 0 fully saturated rings. The first-order valence-corrected chi connectivity index (χ1v) is 8.29. The summed E-state index contributed by atoms with van der Waals surface area (Å²) in [5.41, 5.74) is 1.23. The van der Waals surface area contributed by atoms with Gasteiger partial charge in [0.1, 0.15) is 5.82 Å². The lowest BCUT2D eigenvalue weighted by atomic mass is 9.87. The molecule has 118 valence electrons. The molecule has 1 N–H and O–H groups in total. The zero-order valence-electron chi connectivity index (χ0n) is 12.8. The zero-order chi connectivity index (χ0) is 16.4. The van der Waals surface area contributed by atoms with Gasteiger partial charge in [0, 0.05) is 25.1 Å². The third kappa shape index (κ3) is 2.94. The number of aromatic nitrogens is 2. The summed E-state index contributed by atoms with van der Waals surface area (Å²) in [5.74, 6) is 0.841. The van der Waals surface area contributed by atoms with Gasteiger partial charge in [-0.25, -0.2) is 0 Å². The molecule has 1 unspecified atom stereocenters. The van der Waals surface area contributed by atoms with Crippen LogP contribution in [0.2, 0.25) is 0 Å². The molecule has 2 heterocycles. The maximum atomic E-state index is 12.6. The molecule has 0 saturated heterocycles. The van der Waals surface area contributed by atoms with Crippen molar-refractivity contribution < 1.29 is 4.79 Å². The fourth-order valence-corrected chi connectivity index (χ4v) is 3.47. The van der Waals surface area contributed by atoms with Crippen molar-refractivity contribution in [3.63, 3.8) is 0 Å². The van der Waals surface area contributed by atoms with Crippen molar-refractivity contribution in [3.05, 3.63) is 64.5 Å². The molecule has 5 nitrogen and oxygen atoms in total. The average Bonchev–Trinajstić information content (AvgIpc) is 2.56. The lowest BCUT2D eigenvalue weighted by molar-refractivity contribution is -0.116. The Morgan fingerprint density at radius 1 is 1.39 bits per heavy atom. The van der Waals surface area contributed by atoms with Crippen LogP contribution in [0.15, 0.2) is 52.9 Å².